The predicted molar refractivity (Wildman–Crippen MR) is 51.5 cm³/mol. The van der Waals surface area contributed by atoms with Crippen LogP contribution in [0, 0.1) is 11.8 Å². The minimum absolute atomic E-state index is 0.611. The van der Waals surface area contributed by atoms with Crippen LogP contribution in [0.5, 0.6) is 0 Å². The first-order chi connectivity index (χ1) is 5.86. The van der Waals surface area contributed by atoms with Gasteiger partial charge in [0.15, 0.2) is 0 Å². The molecule has 0 bridgehead atoms. The molecule has 0 saturated heterocycles. The van der Waals surface area contributed by atoms with Gasteiger partial charge in [-0.2, -0.15) is 0 Å². The second-order valence-electron chi connectivity index (χ2n) is 2.62. The van der Waals surface area contributed by atoms with E-state index >= 15 is 0 Å². The highest BCUT2D eigenvalue weighted by Crippen LogP contribution is 2.03. The standard InChI is InChI=1S/C11H13N/c1-2-3-4-10-5-7-11(9-12)8-6-10/h5-8H,4,9,12H2,1H3. The Morgan fingerprint density at radius 1 is 1.17 bits per heavy atom. The van der Waals surface area contributed by atoms with Crippen LogP contribution in [0.3, 0.4) is 0 Å². The second-order valence-corrected chi connectivity index (χ2v) is 2.62. The van der Waals surface area contributed by atoms with Gasteiger partial charge >= 0.3 is 0 Å². The average Bonchev–Trinajstić information content (AvgIpc) is 2.15. The van der Waals surface area contributed by atoms with E-state index in [2.05, 4.69) is 24.0 Å². The maximum atomic E-state index is 5.47. The first kappa shape index (κ1) is 8.83. The lowest BCUT2D eigenvalue weighted by atomic mass is 10.1. The molecule has 0 amide bonds. The summed E-state index contributed by atoms with van der Waals surface area (Å²) >= 11 is 0. The van der Waals surface area contributed by atoms with E-state index in [1.54, 1.807) is 0 Å². The van der Waals surface area contributed by atoms with Crippen molar-refractivity contribution in [1.82, 2.24) is 0 Å². The molecule has 0 atom stereocenters. The fourth-order valence-electron chi connectivity index (χ4n) is 0.984. The van der Waals surface area contributed by atoms with E-state index in [1.807, 2.05) is 19.1 Å². The number of hydrogen-bond acceptors (Lipinski definition) is 1. The lowest BCUT2D eigenvalue weighted by molar-refractivity contribution is 1.07. The van der Waals surface area contributed by atoms with Gasteiger partial charge < -0.3 is 5.73 Å². The first-order valence-electron chi connectivity index (χ1n) is 4.04. The minimum Gasteiger partial charge on any atom is -0.326 e. The molecular formula is C11H13N. The quantitative estimate of drug-likeness (QED) is 0.653. The Labute approximate surface area is 73.6 Å². The van der Waals surface area contributed by atoms with Gasteiger partial charge in [0.1, 0.15) is 0 Å². The normalized spacial score (nSPS) is 8.83. The van der Waals surface area contributed by atoms with Gasteiger partial charge in [0.05, 0.1) is 0 Å². The molecule has 62 valence electrons. The molecule has 0 saturated carbocycles. The monoisotopic (exact) mass is 159 g/mol. The summed E-state index contributed by atoms with van der Waals surface area (Å²) in [6, 6.07) is 8.25. The van der Waals surface area contributed by atoms with E-state index in [1.165, 1.54) is 11.1 Å². The molecule has 0 fully saturated rings. The Bertz CT molecular complexity index is 287. The summed E-state index contributed by atoms with van der Waals surface area (Å²) in [6.45, 7) is 2.47. The largest absolute Gasteiger partial charge is 0.326 e. The van der Waals surface area contributed by atoms with Gasteiger partial charge in [0, 0.05) is 13.0 Å². The molecule has 0 aromatic heterocycles. The Morgan fingerprint density at radius 3 is 2.25 bits per heavy atom. The lowest BCUT2D eigenvalue weighted by Crippen LogP contribution is -1.95. The van der Waals surface area contributed by atoms with Crippen molar-refractivity contribution in [1.29, 1.82) is 0 Å². The van der Waals surface area contributed by atoms with Crippen LogP contribution in [0.2, 0.25) is 0 Å². The minimum atomic E-state index is 0.611. The van der Waals surface area contributed by atoms with Crippen molar-refractivity contribution < 1.29 is 0 Å². The second kappa shape index (κ2) is 4.58. The average molecular weight is 159 g/mol. The molecule has 0 heterocycles. The summed E-state index contributed by atoms with van der Waals surface area (Å²) in [5.41, 5.74) is 7.89. The molecule has 0 radical (unpaired) electrons. The maximum Gasteiger partial charge on any atom is 0.0340 e. The molecule has 0 spiro atoms. The van der Waals surface area contributed by atoms with Crippen LogP contribution < -0.4 is 5.73 Å². The molecule has 1 aromatic rings. The summed E-state index contributed by atoms with van der Waals surface area (Å²) in [6.07, 6.45) is 0.835. The number of hydrogen-bond donors (Lipinski definition) is 1. The highest BCUT2D eigenvalue weighted by atomic mass is 14.5. The van der Waals surface area contributed by atoms with Crippen molar-refractivity contribution in [2.45, 2.75) is 19.9 Å². The Morgan fingerprint density at radius 2 is 1.75 bits per heavy atom. The zero-order valence-electron chi connectivity index (χ0n) is 7.30. The van der Waals surface area contributed by atoms with Crippen molar-refractivity contribution >= 4 is 0 Å². The molecule has 1 heteroatoms. The van der Waals surface area contributed by atoms with Gasteiger partial charge in [-0.05, 0) is 18.1 Å². The zero-order valence-corrected chi connectivity index (χ0v) is 7.30. The summed E-state index contributed by atoms with van der Waals surface area (Å²) in [5.74, 6) is 5.89. The van der Waals surface area contributed by atoms with Crippen LogP contribution in [-0.2, 0) is 13.0 Å². The smallest absolute Gasteiger partial charge is 0.0340 e. The summed E-state index contributed by atoms with van der Waals surface area (Å²) in [7, 11) is 0. The lowest BCUT2D eigenvalue weighted by Gasteiger charge is -1.97. The van der Waals surface area contributed by atoms with E-state index in [0.717, 1.165) is 6.42 Å². The van der Waals surface area contributed by atoms with Crippen LogP contribution in [0.4, 0.5) is 0 Å². The summed E-state index contributed by atoms with van der Waals surface area (Å²) < 4.78 is 0. The van der Waals surface area contributed by atoms with Gasteiger partial charge in [-0.15, -0.1) is 5.92 Å². The molecule has 1 aromatic carbocycles. The van der Waals surface area contributed by atoms with Crippen LogP contribution in [0.25, 0.3) is 0 Å². The number of rotatable bonds is 2. The third kappa shape index (κ3) is 2.41. The van der Waals surface area contributed by atoms with Crippen molar-refractivity contribution in [3.05, 3.63) is 35.4 Å². The van der Waals surface area contributed by atoms with Gasteiger partial charge in [0.2, 0.25) is 0 Å². The Kier molecular flexibility index (Phi) is 3.37. The van der Waals surface area contributed by atoms with Crippen LogP contribution in [0.15, 0.2) is 24.3 Å². The van der Waals surface area contributed by atoms with E-state index in [4.69, 9.17) is 5.73 Å². The first-order valence-corrected chi connectivity index (χ1v) is 4.04. The highest BCUT2D eigenvalue weighted by molar-refractivity contribution is 5.25. The molecule has 0 aliphatic rings. The Hall–Kier alpha value is -1.26. The fraction of sp³-hybridized carbons (Fsp3) is 0.273. The molecular weight excluding hydrogens is 146 g/mol. The van der Waals surface area contributed by atoms with E-state index in [9.17, 15) is 0 Å². The highest BCUT2D eigenvalue weighted by Gasteiger charge is 1.90. The molecule has 0 aliphatic heterocycles. The summed E-state index contributed by atoms with van der Waals surface area (Å²) in [5, 5.41) is 0. The third-order valence-corrected chi connectivity index (χ3v) is 1.73. The van der Waals surface area contributed by atoms with Crippen molar-refractivity contribution in [2.24, 2.45) is 5.73 Å². The van der Waals surface area contributed by atoms with Crippen LogP contribution in [-0.4, -0.2) is 0 Å². The van der Waals surface area contributed by atoms with Crippen molar-refractivity contribution in [3.63, 3.8) is 0 Å². The van der Waals surface area contributed by atoms with Crippen LogP contribution >= 0.6 is 0 Å². The molecule has 0 aliphatic carbocycles. The topological polar surface area (TPSA) is 26.0 Å². The SMILES string of the molecule is CC#CCc1ccc(CN)cc1. The Balaban J connectivity index is 2.69. The summed E-state index contributed by atoms with van der Waals surface area (Å²) in [4.78, 5) is 0. The molecule has 1 nitrogen and oxygen atoms in total. The van der Waals surface area contributed by atoms with Gasteiger partial charge in [0.25, 0.3) is 0 Å². The van der Waals surface area contributed by atoms with Gasteiger partial charge in [-0.25, -0.2) is 0 Å². The maximum absolute atomic E-state index is 5.47. The van der Waals surface area contributed by atoms with E-state index < -0.39 is 0 Å². The molecule has 2 N–H and O–H groups in total. The van der Waals surface area contributed by atoms with E-state index in [0.29, 0.717) is 6.54 Å². The zero-order chi connectivity index (χ0) is 8.81. The molecule has 1 rings (SSSR count). The third-order valence-electron chi connectivity index (χ3n) is 1.73. The number of nitrogens with two attached hydrogens (primary N) is 1. The molecule has 12 heavy (non-hydrogen) atoms. The molecule has 0 unspecified atom stereocenters. The fourth-order valence-corrected chi connectivity index (χ4v) is 0.984. The van der Waals surface area contributed by atoms with Crippen molar-refractivity contribution in [3.8, 4) is 11.8 Å². The van der Waals surface area contributed by atoms with Gasteiger partial charge in [-0.3, -0.25) is 0 Å². The van der Waals surface area contributed by atoms with Gasteiger partial charge in [-0.1, -0.05) is 30.2 Å². The van der Waals surface area contributed by atoms with Crippen LogP contribution in [0.1, 0.15) is 18.1 Å². The van der Waals surface area contributed by atoms with Crippen molar-refractivity contribution in [2.75, 3.05) is 0 Å². The van der Waals surface area contributed by atoms with E-state index in [-0.39, 0.29) is 0 Å². The predicted octanol–water partition coefficient (Wildman–Crippen LogP) is 1.71. The number of benzene rings is 1.